The lowest BCUT2D eigenvalue weighted by molar-refractivity contribution is -0.131. The number of allylic oxidation sites excluding steroid dienone is 1. The first-order chi connectivity index (χ1) is 10.2. The minimum Gasteiger partial charge on any atom is -0.482 e. The van der Waals surface area contributed by atoms with Crippen molar-refractivity contribution in [2.45, 2.75) is 18.4 Å². The van der Waals surface area contributed by atoms with Gasteiger partial charge >= 0.3 is 5.97 Å². The Morgan fingerprint density at radius 3 is 2.00 bits per heavy atom. The van der Waals surface area contributed by atoms with Crippen molar-refractivity contribution in [2.75, 3.05) is 0 Å². The van der Waals surface area contributed by atoms with Gasteiger partial charge in [0.15, 0.2) is 5.60 Å². The normalized spacial score (nSPS) is 18.4. The molecule has 0 bridgehead atoms. The van der Waals surface area contributed by atoms with E-state index in [-0.39, 0.29) is 0 Å². The maximum Gasteiger partial charge on any atom is 0.331 e. The Balaban J connectivity index is 2.08. The van der Waals surface area contributed by atoms with E-state index in [1.807, 2.05) is 60.7 Å². The van der Waals surface area contributed by atoms with E-state index in [2.05, 4.69) is 0 Å². The molecule has 3 rings (SSSR count). The molecule has 1 fully saturated rings. The van der Waals surface area contributed by atoms with Crippen LogP contribution in [0.25, 0.3) is 0 Å². The molecule has 1 N–H and O–H groups in total. The Hall–Kier alpha value is -2.55. The molecule has 0 atom stereocenters. The van der Waals surface area contributed by atoms with Gasteiger partial charge < -0.3 is 9.84 Å². The number of ether oxygens (including phenoxy) is 1. The third-order valence-corrected chi connectivity index (χ3v) is 3.79. The van der Waals surface area contributed by atoms with Gasteiger partial charge in [-0.25, -0.2) is 4.79 Å². The lowest BCUT2D eigenvalue weighted by Crippen LogP contribution is -2.26. The summed E-state index contributed by atoms with van der Waals surface area (Å²) in [6.45, 7) is 0. The van der Waals surface area contributed by atoms with E-state index in [1.165, 1.54) is 0 Å². The van der Waals surface area contributed by atoms with E-state index in [0.717, 1.165) is 23.6 Å². The van der Waals surface area contributed by atoms with Crippen LogP contribution < -0.4 is 0 Å². The summed E-state index contributed by atoms with van der Waals surface area (Å²) in [6.07, 6.45) is 2.52. The Morgan fingerprint density at radius 2 is 1.52 bits per heavy atom. The maximum absolute atomic E-state index is 10.9. The summed E-state index contributed by atoms with van der Waals surface area (Å²) in [5.74, 6) is -0.447. The average molecular weight is 280 g/mol. The highest BCUT2D eigenvalue weighted by molar-refractivity contribution is 5.80. The van der Waals surface area contributed by atoms with Crippen molar-refractivity contribution >= 4 is 5.97 Å². The topological polar surface area (TPSA) is 46.5 Å². The molecule has 0 radical (unpaired) electrons. The van der Waals surface area contributed by atoms with Crippen LogP contribution in [0.4, 0.5) is 0 Å². The number of carbonyl (C=O) groups is 1. The zero-order chi connectivity index (χ0) is 14.7. The van der Waals surface area contributed by atoms with Gasteiger partial charge in [0.1, 0.15) is 5.76 Å². The number of carboxylic acids is 1. The number of hydrogen-bond donors (Lipinski definition) is 1. The zero-order valence-corrected chi connectivity index (χ0v) is 11.5. The molecule has 1 saturated heterocycles. The van der Waals surface area contributed by atoms with Gasteiger partial charge in [-0.2, -0.15) is 0 Å². The number of rotatable bonds is 3. The van der Waals surface area contributed by atoms with Crippen molar-refractivity contribution < 1.29 is 14.6 Å². The fourth-order valence-electron chi connectivity index (χ4n) is 2.85. The van der Waals surface area contributed by atoms with Crippen LogP contribution in [-0.4, -0.2) is 11.1 Å². The Morgan fingerprint density at radius 1 is 1.00 bits per heavy atom. The first-order valence-electron chi connectivity index (χ1n) is 6.94. The van der Waals surface area contributed by atoms with Crippen molar-refractivity contribution in [1.82, 2.24) is 0 Å². The quantitative estimate of drug-likeness (QED) is 0.872. The summed E-state index contributed by atoms with van der Waals surface area (Å²) in [4.78, 5) is 10.9. The molecule has 1 aliphatic rings. The largest absolute Gasteiger partial charge is 0.482 e. The lowest BCUT2D eigenvalue weighted by Gasteiger charge is -2.30. The van der Waals surface area contributed by atoms with Crippen LogP contribution >= 0.6 is 0 Å². The van der Waals surface area contributed by atoms with Crippen molar-refractivity contribution in [3.05, 3.63) is 83.6 Å². The molecule has 0 amide bonds. The number of aliphatic carboxylic acids is 1. The van der Waals surface area contributed by atoms with Gasteiger partial charge in [-0.3, -0.25) is 0 Å². The Labute approximate surface area is 123 Å². The van der Waals surface area contributed by atoms with Gasteiger partial charge in [0.25, 0.3) is 0 Å². The van der Waals surface area contributed by atoms with Gasteiger partial charge in [0, 0.05) is 12.8 Å². The lowest BCUT2D eigenvalue weighted by atomic mass is 9.84. The van der Waals surface area contributed by atoms with Gasteiger partial charge in [-0.15, -0.1) is 0 Å². The van der Waals surface area contributed by atoms with E-state index in [1.54, 1.807) is 0 Å². The maximum atomic E-state index is 10.9. The third-order valence-electron chi connectivity index (χ3n) is 3.79. The van der Waals surface area contributed by atoms with Crippen LogP contribution in [0.15, 0.2) is 72.5 Å². The zero-order valence-electron chi connectivity index (χ0n) is 11.5. The van der Waals surface area contributed by atoms with Crippen LogP contribution in [0.2, 0.25) is 0 Å². The molecule has 2 aromatic carbocycles. The molecule has 3 nitrogen and oxygen atoms in total. The summed E-state index contributed by atoms with van der Waals surface area (Å²) in [5.41, 5.74) is 1.50. The molecule has 1 aliphatic heterocycles. The number of benzene rings is 2. The van der Waals surface area contributed by atoms with Crippen LogP contribution in [-0.2, 0) is 15.1 Å². The average Bonchev–Trinajstić information content (AvgIpc) is 2.93. The van der Waals surface area contributed by atoms with Gasteiger partial charge in [0.2, 0.25) is 0 Å². The van der Waals surface area contributed by atoms with E-state index in [0.29, 0.717) is 12.2 Å². The van der Waals surface area contributed by atoms with E-state index in [9.17, 15) is 4.79 Å². The molecule has 2 aromatic rings. The molecule has 3 heteroatoms. The minimum atomic E-state index is -0.970. The van der Waals surface area contributed by atoms with Gasteiger partial charge in [-0.05, 0) is 11.1 Å². The number of hydrogen-bond acceptors (Lipinski definition) is 2. The van der Waals surface area contributed by atoms with Crippen LogP contribution in [0.5, 0.6) is 0 Å². The Bertz CT molecular complexity index is 620. The smallest absolute Gasteiger partial charge is 0.331 e. The predicted molar refractivity (Wildman–Crippen MR) is 79.7 cm³/mol. The second-order valence-electron chi connectivity index (χ2n) is 5.11. The molecular formula is C18H16O3. The van der Waals surface area contributed by atoms with Crippen molar-refractivity contribution in [1.29, 1.82) is 0 Å². The van der Waals surface area contributed by atoms with Crippen molar-refractivity contribution in [3.63, 3.8) is 0 Å². The van der Waals surface area contributed by atoms with Gasteiger partial charge in [-0.1, -0.05) is 60.7 Å². The second-order valence-corrected chi connectivity index (χ2v) is 5.11. The first-order valence-corrected chi connectivity index (χ1v) is 6.94. The van der Waals surface area contributed by atoms with E-state index in [4.69, 9.17) is 9.84 Å². The highest BCUT2D eigenvalue weighted by atomic mass is 16.5. The summed E-state index contributed by atoms with van der Waals surface area (Å²) in [5, 5.41) is 8.93. The molecule has 0 aliphatic carbocycles. The second kappa shape index (κ2) is 5.44. The molecule has 0 unspecified atom stereocenters. The summed E-state index contributed by atoms with van der Waals surface area (Å²) >= 11 is 0. The molecular weight excluding hydrogens is 264 g/mol. The van der Waals surface area contributed by atoms with Crippen molar-refractivity contribution in [2.24, 2.45) is 0 Å². The summed E-state index contributed by atoms with van der Waals surface area (Å²) in [7, 11) is 0. The molecule has 106 valence electrons. The predicted octanol–water partition coefficient (Wildman–Crippen LogP) is 3.71. The Kier molecular flexibility index (Phi) is 3.48. The summed E-state index contributed by atoms with van der Waals surface area (Å²) in [6, 6.07) is 19.9. The highest BCUT2D eigenvalue weighted by Crippen LogP contribution is 2.46. The molecule has 0 aromatic heterocycles. The van der Waals surface area contributed by atoms with Crippen LogP contribution in [0.3, 0.4) is 0 Å². The van der Waals surface area contributed by atoms with Gasteiger partial charge in [0.05, 0.1) is 6.08 Å². The SMILES string of the molecule is O=C(O)/C=C1/CCC(c2ccccc2)(c2ccccc2)O1. The fourth-order valence-corrected chi connectivity index (χ4v) is 2.85. The van der Waals surface area contributed by atoms with Crippen LogP contribution in [0.1, 0.15) is 24.0 Å². The number of carboxylic acid groups (broad SMARTS) is 1. The van der Waals surface area contributed by atoms with Crippen LogP contribution in [0, 0.1) is 0 Å². The molecule has 0 spiro atoms. The molecule has 1 heterocycles. The minimum absolute atomic E-state index is 0.523. The fraction of sp³-hybridized carbons (Fsp3) is 0.167. The first kappa shape index (κ1) is 13.4. The van der Waals surface area contributed by atoms with E-state index >= 15 is 0 Å². The molecule has 0 saturated carbocycles. The molecule has 21 heavy (non-hydrogen) atoms. The van der Waals surface area contributed by atoms with E-state index < -0.39 is 11.6 Å². The third kappa shape index (κ3) is 2.55. The summed E-state index contributed by atoms with van der Waals surface area (Å²) < 4.78 is 6.11. The monoisotopic (exact) mass is 280 g/mol. The standard InChI is InChI=1S/C18H16O3/c19-17(20)13-16-11-12-18(21-16,14-7-3-1-4-8-14)15-9-5-2-6-10-15/h1-10,13H,11-12H2,(H,19,20)/b16-13-. The highest BCUT2D eigenvalue weighted by Gasteiger charge is 2.41. The van der Waals surface area contributed by atoms with Crippen molar-refractivity contribution in [3.8, 4) is 0 Å².